The van der Waals surface area contributed by atoms with Gasteiger partial charge >= 0.3 is 0 Å². The van der Waals surface area contributed by atoms with Gasteiger partial charge in [0, 0.05) is 52.4 Å². The summed E-state index contributed by atoms with van der Waals surface area (Å²) < 4.78 is 14.0. The van der Waals surface area contributed by atoms with Crippen LogP contribution in [0.3, 0.4) is 0 Å². The predicted octanol–water partition coefficient (Wildman–Crippen LogP) is 2.72. The van der Waals surface area contributed by atoms with Gasteiger partial charge in [-0.05, 0) is 36.2 Å². The topological polar surface area (TPSA) is 60.0 Å². The third kappa shape index (κ3) is 5.70. The van der Waals surface area contributed by atoms with Crippen molar-refractivity contribution in [2.24, 2.45) is 4.99 Å². The van der Waals surface area contributed by atoms with Gasteiger partial charge in [0.25, 0.3) is 0 Å². The number of guanidine groups is 1. The average molecular weight is 397 g/mol. The summed E-state index contributed by atoms with van der Waals surface area (Å²) in [4.78, 5) is 19.8. The lowest BCUT2D eigenvalue weighted by molar-refractivity contribution is -0.114. The number of rotatable bonds is 5. The highest BCUT2D eigenvalue weighted by Crippen LogP contribution is 2.20. The molecule has 2 aromatic carbocycles. The quantitative estimate of drug-likeness (QED) is 0.602. The number of piperazine rings is 1. The minimum Gasteiger partial charge on any atom is -0.366 e. The Labute approximate surface area is 171 Å². The monoisotopic (exact) mass is 397 g/mol. The van der Waals surface area contributed by atoms with Crippen molar-refractivity contribution in [2.45, 2.75) is 13.3 Å². The zero-order valence-electron chi connectivity index (χ0n) is 17.0. The Kier molecular flexibility index (Phi) is 7.05. The molecule has 0 spiro atoms. The van der Waals surface area contributed by atoms with E-state index in [1.807, 2.05) is 36.4 Å². The Morgan fingerprint density at radius 2 is 1.76 bits per heavy atom. The van der Waals surface area contributed by atoms with Gasteiger partial charge in [0.05, 0.1) is 5.69 Å². The Morgan fingerprint density at radius 1 is 1.07 bits per heavy atom. The first-order chi connectivity index (χ1) is 14.1. The standard InChI is InChI=1S/C22H28FN5O/c1-17(29)26-19-9-7-18(8-10-19)11-12-25-22(24-2)28-15-13-27(14-16-28)21-6-4-3-5-20(21)23/h3-10H,11-16H2,1-2H3,(H,24,25)(H,26,29). The van der Waals surface area contributed by atoms with Gasteiger partial charge in [0.15, 0.2) is 5.96 Å². The van der Waals surface area contributed by atoms with Crippen molar-refractivity contribution in [1.29, 1.82) is 0 Å². The Balaban J connectivity index is 1.46. The summed E-state index contributed by atoms with van der Waals surface area (Å²) in [7, 11) is 1.79. The van der Waals surface area contributed by atoms with Gasteiger partial charge < -0.3 is 20.4 Å². The lowest BCUT2D eigenvalue weighted by Gasteiger charge is -2.37. The molecule has 1 fully saturated rings. The maximum atomic E-state index is 14.0. The molecule has 1 saturated heterocycles. The summed E-state index contributed by atoms with van der Waals surface area (Å²) in [5, 5.41) is 6.18. The minimum absolute atomic E-state index is 0.0710. The molecule has 0 atom stereocenters. The fraction of sp³-hybridized carbons (Fsp3) is 0.364. The van der Waals surface area contributed by atoms with Crippen molar-refractivity contribution < 1.29 is 9.18 Å². The van der Waals surface area contributed by atoms with E-state index in [0.717, 1.165) is 50.8 Å². The van der Waals surface area contributed by atoms with Crippen molar-refractivity contribution >= 4 is 23.2 Å². The van der Waals surface area contributed by atoms with Gasteiger partial charge in [-0.3, -0.25) is 9.79 Å². The van der Waals surface area contributed by atoms with Crippen LogP contribution in [0.5, 0.6) is 0 Å². The Bertz CT molecular complexity index is 845. The molecule has 1 heterocycles. The minimum atomic E-state index is -0.173. The SMILES string of the molecule is CN=C(NCCc1ccc(NC(C)=O)cc1)N1CCN(c2ccccc2F)CC1. The summed E-state index contributed by atoms with van der Waals surface area (Å²) in [6, 6.07) is 14.8. The molecular weight excluding hydrogens is 369 g/mol. The number of amides is 1. The molecule has 1 amide bonds. The second-order valence-electron chi connectivity index (χ2n) is 7.03. The van der Waals surface area contributed by atoms with E-state index in [4.69, 9.17) is 0 Å². The fourth-order valence-electron chi connectivity index (χ4n) is 3.48. The summed E-state index contributed by atoms with van der Waals surface area (Å²) >= 11 is 0. The van der Waals surface area contributed by atoms with Crippen molar-refractivity contribution in [3.05, 3.63) is 59.9 Å². The maximum absolute atomic E-state index is 14.0. The first-order valence-corrected chi connectivity index (χ1v) is 9.88. The number of aliphatic imine (C=N–C) groups is 1. The molecule has 7 heteroatoms. The number of benzene rings is 2. The van der Waals surface area contributed by atoms with Crippen LogP contribution in [0.2, 0.25) is 0 Å². The van der Waals surface area contributed by atoms with Gasteiger partial charge in [0.1, 0.15) is 5.82 Å². The van der Waals surface area contributed by atoms with Crippen LogP contribution in [0.25, 0.3) is 0 Å². The fourth-order valence-corrected chi connectivity index (χ4v) is 3.48. The van der Waals surface area contributed by atoms with Crippen molar-refractivity contribution in [2.75, 3.05) is 50.0 Å². The molecule has 29 heavy (non-hydrogen) atoms. The molecule has 2 aromatic rings. The molecule has 2 N–H and O–H groups in total. The number of para-hydroxylation sites is 1. The Morgan fingerprint density at radius 3 is 2.38 bits per heavy atom. The van der Waals surface area contributed by atoms with Crippen LogP contribution in [0, 0.1) is 5.82 Å². The van der Waals surface area contributed by atoms with E-state index < -0.39 is 0 Å². The molecule has 0 bridgehead atoms. The molecule has 6 nitrogen and oxygen atoms in total. The van der Waals surface area contributed by atoms with Gasteiger partial charge in [0.2, 0.25) is 5.91 Å². The first kappa shape index (κ1) is 20.6. The highest BCUT2D eigenvalue weighted by molar-refractivity contribution is 5.88. The summed E-state index contributed by atoms with van der Waals surface area (Å²) in [6.45, 7) is 5.36. The number of nitrogens with zero attached hydrogens (tertiary/aromatic N) is 3. The second-order valence-corrected chi connectivity index (χ2v) is 7.03. The third-order valence-corrected chi connectivity index (χ3v) is 4.96. The number of nitrogens with one attached hydrogen (secondary N) is 2. The molecule has 0 aromatic heterocycles. The maximum Gasteiger partial charge on any atom is 0.221 e. The number of anilines is 2. The number of carbonyl (C=O) groups excluding carboxylic acids is 1. The van der Waals surface area contributed by atoms with E-state index in [0.29, 0.717) is 5.69 Å². The number of hydrogen-bond donors (Lipinski definition) is 2. The molecule has 0 radical (unpaired) electrons. The molecule has 0 saturated carbocycles. The lowest BCUT2D eigenvalue weighted by Crippen LogP contribution is -2.53. The van der Waals surface area contributed by atoms with E-state index in [1.165, 1.54) is 18.6 Å². The lowest BCUT2D eigenvalue weighted by atomic mass is 10.1. The molecule has 0 aliphatic carbocycles. The highest BCUT2D eigenvalue weighted by atomic mass is 19.1. The predicted molar refractivity (Wildman–Crippen MR) is 116 cm³/mol. The van der Waals surface area contributed by atoms with E-state index in [-0.39, 0.29) is 11.7 Å². The number of carbonyl (C=O) groups is 1. The normalized spacial score (nSPS) is 14.7. The van der Waals surface area contributed by atoms with Crippen LogP contribution in [0.15, 0.2) is 53.5 Å². The summed E-state index contributed by atoms with van der Waals surface area (Å²) in [5.74, 6) is 0.624. The van der Waals surface area contributed by atoms with Crippen LogP contribution in [-0.2, 0) is 11.2 Å². The highest BCUT2D eigenvalue weighted by Gasteiger charge is 2.21. The largest absolute Gasteiger partial charge is 0.366 e. The molecule has 1 aliphatic rings. The van der Waals surface area contributed by atoms with Gasteiger partial charge in [-0.15, -0.1) is 0 Å². The van der Waals surface area contributed by atoms with E-state index >= 15 is 0 Å². The Hall–Kier alpha value is -3.09. The van der Waals surface area contributed by atoms with Crippen molar-refractivity contribution in [1.82, 2.24) is 10.2 Å². The van der Waals surface area contributed by atoms with Crippen LogP contribution in [-0.4, -0.2) is 56.5 Å². The molecular formula is C22H28FN5O. The first-order valence-electron chi connectivity index (χ1n) is 9.88. The van der Waals surface area contributed by atoms with Crippen LogP contribution >= 0.6 is 0 Å². The van der Waals surface area contributed by atoms with Gasteiger partial charge in [-0.2, -0.15) is 0 Å². The zero-order valence-corrected chi connectivity index (χ0v) is 17.0. The number of halogens is 1. The van der Waals surface area contributed by atoms with Crippen LogP contribution in [0.4, 0.5) is 15.8 Å². The average Bonchev–Trinajstić information content (AvgIpc) is 2.73. The third-order valence-electron chi connectivity index (χ3n) is 4.96. The van der Waals surface area contributed by atoms with Crippen molar-refractivity contribution in [3.63, 3.8) is 0 Å². The van der Waals surface area contributed by atoms with Crippen LogP contribution < -0.4 is 15.5 Å². The number of hydrogen-bond acceptors (Lipinski definition) is 3. The molecule has 3 rings (SSSR count). The molecule has 154 valence electrons. The van der Waals surface area contributed by atoms with Crippen LogP contribution in [0.1, 0.15) is 12.5 Å². The van der Waals surface area contributed by atoms with Gasteiger partial charge in [-0.25, -0.2) is 4.39 Å². The zero-order chi connectivity index (χ0) is 20.6. The molecule has 0 unspecified atom stereocenters. The summed E-state index contributed by atoms with van der Waals surface area (Å²) in [5.41, 5.74) is 2.65. The van der Waals surface area contributed by atoms with E-state index in [2.05, 4.69) is 25.4 Å². The van der Waals surface area contributed by atoms with Crippen molar-refractivity contribution in [3.8, 4) is 0 Å². The summed E-state index contributed by atoms with van der Waals surface area (Å²) in [6.07, 6.45) is 0.856. The second kappa shape index (κ2) is 9.91. The van der Waals surface area contributed by atoms with E-state index in [9.17, 15) is 9.18 Å². The van der Waals surface area contributed by atoms with E-state index in [1.54, 1.807) is 13.1 Å². The van der Waals surface area contributed by atoms with Gasteiger partial charge in [-0.1, -0.05) is 24.3 Å². The molecule has 1 aliphatic heterocycles. The smallest absolute Gasteiger partial charge is 0.221 e.